The van der Waals surface area contributed by atoms with Crippen molar-refractivity contribution in [2.45, 2.75) is 71.5 Å². The molecule has 0 unspecified atom stereocenters. The average molecular weight is 512 g/mol. The molecule has 1 aromatic heterocycles. The molecule has 1 amide bonds. The van der Waals surface area contributed by atoms with Gasteiger partial charge in [0.1, 0.15) is 5.60 Å². The Balaban J connectivity index is 1.49. The van der Waals surface area contributed by atoms with Gasteiger partial charge < -0.3 is 24.4 Å². The Kier molecular flexibility index (Phi) is 6.98. The number of hydrogen-bond donors (Lipinski definition) is 1. The van der Waals surface area contributed by atoms with E-state index in [1.165, 1.54) is 22.9 Å². The van der Waals surface area contributed by atoms with E-state index in [-0.39, 0.29) is 41.8 Å². The van der Waals surface area contributed by atoms with Crippen LogP contribution in [0.3, 0.4) is 0 Å². The number of anilines is 1. The molecule has 1 aromatic carbocycles. The molecule has 1 N–H and O–H groups in total. The molecule has 3 atom stereocenters. The summed E-state index contributed by atoms with van der Waals surface area (Å²) >= 11 is 0. The third-order valence-electron chi connectivity index (χ3n) is 6.15. The number of ether oxygens (including phenoxy) is 3. The van der Waals surface area contributed by atoms with Crippen LogP contribution in [-0.2, 0) is 4.74 Å². The van der Waals surface area contributed by atoms with E-state index >= 15 is 0 Å². The van der Waals surface area contributed by atoms with E-state index in [0.29, 0.717) is 19.0 Å². The number of fused-ring (bicyclic) bond motifs is 2. The summed E-state index contributed by atoms with van der Waals surface area (Å²) in [7, 11) is 0. The van der Waals surface area contributed by atoms with Crippen molar-refractivity contribution >= 4 is 12.0 Å². The number of aromatic nitrogens is 3. The van der Waals surface area contributed by atoms with Gasteiger partial charge in [-0.1, -0.05) is 12.1 Å². The molecule has 2 aromatic rings. The average Bonchev–Trinajstić information content (AvgIpc) is 3.23. The maximum absolute atomic E-state index is 12.8. The maximum atomic E-state index is 12.8. The van der Waals surface area contributed by atoms with Crippen LogP contribution >= 0.6 is 0 Å². The number of nitrogens with one attached hydrogen (secondary N) is 1. The van der Waals surface area contributed by atoms with Crippen LogP contribution in [0, 0.1) is 11.8 Å². The number of halogens is 3. The highest BCUT2D eigenvalue weighted by Crippen LogP contribution is 2.40. The molecule has 4 rings (SSSR count). The van der Waals surface area contributed by atoms with Crippen LogP contribution < -0.4 is 14.8 Å². The zero-order valence-corrected chi connectivity index (χ0v) is 21.0. The molecule has 9 nitrogen and oxygen atoms in total. The third-order valence-corrected chi connectivity index (χ3v) is 6.15. The number of benzene rings is 1. The summed E-state index contributed by atoms with van der Waals surface area (Å²) < 4.78 is 55.3. The normalized spacial score (nSPS) is 22.0. The number of rotatable bonds is 6. The molecule has 36 heavy (non-hydrogen) atoms. The molecule has 2 bridgehead atoms. The first-order valence-electron chi connectivity index (χ1n) is 12.0. The highest BCUT2D eigenvalue weighted by Gasteiger charge is 2.44. The van der Waals surface area contributed by atoms with E-state index in [9.17, 15) is 18.0 Å². The molecule has 1 saturated carbocycles. The van der Waals surface area contributed by atoms with E-state index in [0.717, 1.165) is 12.8 Å². The molecule has 1 saturated heterocycles. The molecule has 0 radical (unpaired) electrons. The molecule has 0 spiro atoms. The zero-order valence-electron chi connectivity index (χ0n) is 21.0. The molecule has 1 aliphatic carbocycles. The summed E-state index contributed by atoms with van der Waals surface area (Å²) in [6.07, 6.45) is -3.25. The summed E-state index contributed by atoms with van der Waals surface area (Å²) in [6, 6.07) is 5.46. The minimum atomic E-state index is -4.86. The summed E-state index contributed by atoms with van der Waals surface area (Å²) in [5, 5.41) is 7.90. The molecular formula is C24H32F3N5O4. The van der Waals surface area contributed by atoms with Crippen molar-refractivity contribution in [1.29, 1.82) is 0 Å². The fourth-order valence-electron chi connectivity index (χ4n) is 4.70. The fraction of sp³-hybridized carbons (Fsp3) is 0.625. The summed E-state index contributed by atoms with van der Waals surface area (Å²) in [5.74, 6) is 0.132. The van der Waals surface area contributed by atoms with Crippen LogP contribution in [0.1, 0.15) is 53.5 Å². The Bertz CT molecular complexity index is 1070. The van der Waals surface area contributed by atoms with E-state index < -0.39 is 17.7 Å². The molecule has 198 valence electrons. The first kappa shape index (κ1) is 25.9. The van der Waals surface area contributed by atoms with E-state index in [4.69, 9.17) is 9.47 Å². The molecule has 2 aliphatic rings. The Labute approximate surface area is 207 Å². The van der Waals surface area contributed by atoms with Crippen LogP contribution in [0.25, 0.3) is 0 Å². The number of piperidine rings is 1. The summed E-state index contributed by atoms with van der Waals surface area (Å²) in [6.45, 7) is 10.4. The lowest BCUT2D eigenvalue weighted by Gasteiger charge is -2.38. The highest BCUT2D eigenvalue weighted by atomic mass is 19.4. The van der Waals surface area contributed by atoms with Crippen molar-refractivity contribution in [3.05, 3.63) is 24.3 Å². The van der Waals surface area contributed by atoms with Crippen molar-refractivity contribution in [3.63, 3.8) is 0 Å². The van der Waals surface area contributed by atoms with Crippen LogP contribution in [0.2, 0.25) is 0 Å². The van der Waals surface area contributed by atoms with Crippen LogP contribution in [-0.4, -0.2) is 56.9 Å². The highest BCUT2D eigenvalue weighted by molar-refractivity contribution is 5.68. The van der Waals surface area contributed by atoms with Crippen molar-refractivity contribution in [1.82, 2.24) is 19.7 Å². The molecule has 1 aliphatic heterocycles. The second kappa shape index (κ2) is 9.70. The Morgan fingerprint density at radius 3 is 2.25 bits per heavy atom. The van der Waals surface area contributed by atoms with Crippen molar-refractivity contribution in [2.75, 3.05) is 18.4 Å². The lowest BCUT2D eigenvalue weighted by atomic mass is 9.92. The first-order valence-corrected chi connectivity index (χ1v) is 12.0. The predicted molar refractivity (Wildman–Crippen MR) is 125 cm³/mol. The van der Waals surface area contributed by atoms with Gasteiger partial charge in [-0.15, -0.1) is 18.3 Å². The van der Waals surface area contributed by atoms with E-state index in [1.807, 2.05) is 34.6 Å². The van der Waals surface area contributed by atoms with Crippen LogP contribution in [0.4, 0.5) is 23.9 Å². The third kappa shape index (κ3) is 6.14. The predicted octanol–water partition coefficient (Wildman–Crippen LogP) is 5.61. The second-order valence-electron chi connectivity index (χ2n) is 10.5. The lowest BCUT2D eigenvalue weighted by molar-refractivity contribution is -0.275. The number of para-hydroxylation sites is 2. The minimum Gasteiger partial charge on any atom is -0.444 e. The lowest BCUT2D eigenvalue weighted by Crippen LogP contribution is -2.51. The topological polar surface area (TPSA) is 90.7 Å². The number of amides is 1. The number of likely N-dealkylation sites (tertiary alicyclic amines) is 1. The van der Waals surface area contributed by atoms with Gasteiger partial charge in [0.05, 0.1) is 6.04 Å². The fourth-order valence-corrected chi connectivity index (χ4v) is 4.70. The van der Waals surface area contributed by atoms with Crippen molar-refractivity contribution in [3.8, 4) is 17.5 Å². The second-order valence-corrected chi connectivity index (χ2v) is 10.5. The molecule has 12 heteroatoms. The van der Waals surface area contributed by atoms with Gasteiger partial charge in [-0.3, -0.25) is 0 Å². The van der Waals surface area contributed by atoms with Gasteiger partial charge in [0.25, 0.3) is 0 Å². The molecule has 2 fully saturated rings. The van der Waals surface area contributed by atoms with Gasteiger partial charge in [0.15, 0.2) is 11.5 Å². The largest absolute Gasteiger partial charge is 0.573 e. The number of carbonyl (C=O) groups excluding carboxylic acids is 1. The smallest absolute Gasteiger partial charge is 0.444 e. The van der Waals surface area contributed by atoms with Gasteiger partial charge in [0.2, 0.25) is 5.95 Å². The number of hydrogen-bond acceptors (Lipinski definition) is 7. The van der Waals surface area contributed by atoms with E-state index in [2.05, 4.69) is 20.1 Å². The summed E-state index contributed by atoms with van der Waals surface area (Å²) in [4.78, 5) is 18.8. The number of nitrogens with zero attached hydrogens (tertiary/aromatic N) is 4. The number of alkyl halides is 3. The first-order chi connectivity index (χ1) is 16.8. The van der Waals surface area contributed by atoms with Crippen molar-refractivity contribution in [2.24, 2.45) is 11.8 Å². The Morgan fingerprint density at radius 2 is 1.69 bits per heavy atom. The summed E-state index contributed by atoms with van der Waals surface area (Å²) in [5.41, 5.74) is -0.557. The van der Waals surface area contributed by atoms with Gasteiger partial charge in [-0.2, -0.15) is 4.98 Å². The van der Waals surface area contributed by atoms with Gasteiger partial charge >= 0.3 is 18.5 Å². The maximum Gasteiger partial charge on any atom is 0.573 e. The van der Waals surface area contributed by atoms with Gasteiger partial charge in [0, 0.05) is 19.1 Å². The number of carbonyl (C=O) groups is 1. The van der Waals surface area contributed by atoms with Crippen molar-refractivity contribution < 1.29 is 32.2 Å². The van der Waals surface area contributed by atoms with Crippen LogP contribution in [0.5, 0.6) is 17.5 Å². The Hall–Kier alpha value is -3.18. The minimum absolute atomic E-state index is 0.0456. The van der Waals surface area contributed by atoms with Gasteiger partial charge in [-0.05, 0) is 71.4 Å². The zero-order chi connectivity index (χ0) is 26.3. The van der Waals surface area contributed by atoms with Gasteiger partial charge in [-0.25, -0.2) is 9.48 Å². The standard InChI is InChI=1S/C24H32F3N5O4/c1-14(2)32-21(34-17-8-6-7-9-18(17)35-24(25,26)27)29-20(30-32)28-19-15-10-11-16(19)13-31(12-15)22(33)36-23(3,4)5/h6-9,14-16,19H,10-13H2,1-5H3,(H,28,30)/t15-,16+,19-. The molecule has 2 heterocycles. The molecular weight excluding hydrogens is 479 g/mol. The Morgan fingerprint density at radius 1 is 1.08 bits per heavy atom. The monoisotopic (exact) mass is 511 g/mol. The SMILES string of the molecule is CC(C)n1nc(N[C@@H]2[C@@H]3CC[C@H]2CN(C(=O)OC(C)(C)C)C3)nc1Oc1ccccc1OC(F)(F)F. The van der Waals surface area contributed by atoms with E-state index in [1.54, 1.807) is 11.0 Å². The van der Waals surface area contributed by atoms with Crippen LogP contribution in [0.15, 0.2) is 24.3 Å². The quantitative estimate of drug-likeness (QED) is 0.539.